The molecule has 0 aromatic heterocycles. The molecule has 0 aliphatic rings. The maximum Gasteiger partial charge on any atom is 0.336 e. The minimum absolute atomic E-state index is 0.0168. The van der Waals surface area contributed by atoms with Gasteiger partial charge in [0.25, 0.3) is 0 Å². The van der Waals surface area contributed by atoms with Crippen molar-refractivity contribution in [3.05, 3.63) is 53.6 Å². The van der Waals surface area contributed by atoms with E-state index in [2.05, 4.69) is 5.32 Å². The van der Waals surface area contributed by atoms with Crippen LogP contribution in [0.3, 0.4) is 0 Å². The van der Waals surface area contributed by atoms with E-state index < -0.39 is 16.0 Å². The van der Waals surface area contributed by atoms with E-state index in [4.69, 9.17) is 10.2 Å². The average Bonchev–Trinajstić information content (AvgIpc) is 2.40. The summed E-state index contributed by atoms with van der Waals surface area (Å²) in [7, 11) is -3.72. The molecule has 0 aliphatic carbocycles. The molecule has 7 heteroatoms. The molecule has 0 aliphatic heterocycles. The van der Waals surface area contributed by atoms with Gasteiger partial charge in [0.2, 0.25) is 10.0 Å². The first kappa shape index (κ1) is 15.0. The number of hydrogen-bond donors (Lipinski definition) is 3. The van der Waals surface area contributed by atoms with Crippen LogP contribution in [0.15, 0.2) is 47.4 Å². The molecular weight excluding hydrogens is 292 g/mol. The number of anilines is 2. The average molecular weight is 306 g/mol. The van der Waals surface area contributed by atoms with E-state index in [1.807, 2.05) is 0 Å². The van der Waals surface area contributed by atoms with Gasteiger partial charge in [0, 0.05) is 11.4 Å². The molecule has 2 rings (SSSR count). The van der Waals surface area contributed by atoms with Gasteiger partial charge >= 0.3 is 5.97 Å². The number of benzene rings is 2. The van der Waals surface area contributed by atoms with Crippen LogP contribution < -0.4 is 10.5 Å². The van der Waals surface area contributed by atoms with Crippen molar-refractivity contribution in [2.75, 3.05) is 5.32 Å². The van der Waals surface area contributed by atoms with Gasteiger partial charge in [-0.1, -0.05) is 6.07 Å². The number of primary sulfonamides is 1. The van der Waals surface area contributed by atoms with Crippen molar-refractivity contribution >= 4 is 27.4 Å². The molecule has 0 spiro atoms. The Labute approximate surface area is 122 Å². The van der Waals surface area contributed by atoms with E-state index in [9.17, 15) is 13.2 Å². The van der Waals surface area contributed by atoms with Gasteiger partial charge in [-0.15, -0.1) is 0 Å². The maximum absolute atomic E-state index is 11.2. The molecule has 21 heavy (non-hydrogen) atoms. The van der Waals surface area contributed by atoms with Gasteiger partial charge in [0.15, 0.2) is 0 Å². The largest absolute Gasteiger partial charge is 0.478 e. The van der Waals surface area contributed by atoms with Crippen LogP contribution in [0.2, 0.25) is 0 Å². The van der Waals surface area contributed by atoms with Gasteiger partial charge in [0.1, 0.15) is 0 Å². The van der Waals surface area contributed by atoms with Crippen molar-refractivity contribution in [2.24, 2.45) is 5.14 Å². The molecule has 2 aromatic carbocycles. The van der Waals surface area contributed by atoms with E-state index in [1.54, 1.807) is 31.2 Å². The normalized spacial score (nSPS) is 11.1. The SMILES string of the molecule is Cc1ccc(Nc2ccc(S(N)(=O)=O)cc2)cc1C(=O)O. The first-order valence-corrected chi connectivity index (χ1v) is 7.56. The topological polar surface area (TPSA) is 109 Å². The van der Waals surface area contributed by atoms with Crippen LogP contribution in [-0.2, 0) is 10.0 Å². The predicted octanol–water partition coefficient (Wildman–Crippen LogP) is 2.08. The fourth-order valence-corrected chi connectivity index (χ4v) is 2.34. The summed E-state index contributed by atoms with van der Waals surface area (Å²) in [6.45, 7) is 1.72. The zero-order valence-corrected chi connectivity index (χ0v) is 12.0. The van der Waals surface area contributed by atoms with E-state index in [0.717, 1.165) is 0 Å². The lowest BCUT2D eigenvalue weighted by atomic mass is 10.1. The number of aromatic carboxylic acids is 1. The summed E-state index contributed by atoms with van der Waals surface area (Å²) < 4.78 is 22.3. The predicted molar refractivity (Wildman–Crippen MR) is 79.2 cm³/mol. The second-order valence-corrected chi connectivity index (χ2v) is 6.09. The molecule has 6 nitrogen and oxygen atoms in total. The fourth-order valence-electron chi connectivity index (χ4n) is 1.82. The summed E-state index contributed by atoms with van der Waals surface area (Å²) in [4.78, 5) is 11.1. The van der Waals surface area contributed by atoms with Crippen LogP contribution in [-0.4, -0.2) is 19.5 Å². The van der Waals surface area contributed by atoms with Gasteiger partial charge in [0.05, 0.1) is 10.5 Å². The second kappa shape index (κ2) is 5.55. The van der Waals surface area contributed by atoms with E-state index in [-0.39, 0.29) is 10.5 Å². The standard InChI is InChI=1S/C14H14N2O4S/c1-9-2-3-11(8-13(9)14(17)18)16-10-4-6-12(7-5-10)21(15,19)20/h2-8,16H,1H3,(H,17,18)(H2,15,19,20). The molecule has 0 bridgehead atoms. The van der Waals surface area contributed by atoms with Gasteiger partial charge in [-0.05, 0) is 48.9 Å². The highest BCUT2D eigenvalue weighted by Crippen LogP contribution is 2.21. The minimum atomic E-state index is -3.72. The molecule has 0 unspecified atom stereocenters. The quantitative estimate of drug-likeness (QED) is 0.801. The highest BCUT2D eigenvalue weighted by atomic mass is 32.2. The zero-order valence-electron chi connectivity index (χ0n) is 11.2. The number of carbonyl (C=O) groups is 1. The molecule has 0 saturated carbocycles. The summed E-state index contributed by atoms with van der Waals surface area (Å²) >= 11 is 0. The number of carboxylic acids is 1. The smallest absolute Gasteiger partial charge is 0.336 e. The molecular formula is C14H14N2O4S. The van der Waals surface area contributed by atoms with Crippen molar-refractivity contribution in [1.82, 2.24) is 0 Å². The number of carboxylic acid groups (broad SMARTS) is 1. The summed E-state index contributed by atoms with van der Waals surface area (Å²) in [5.41, 5.74) is 2.10. The lowest BCUT2D eigenvalue weighted by molar-refractivity contribution is 0.0696. The van der Waals surface area contributed by atoms with Gasteiger partial charge < -0.3 is 10.4 Å². The monoisotopic (exact) mass is 306 g/mol. The lowest BCUT2D eigenvalue weighted by Crippen LogP contribution is -2.11. The summed E-state index contributed by atoms with van der Waals surface area (Å²) in [6.07, 6.45) is 0. The summed E-state index contributed by atoms with van der Waals surface area (Å²) in [6, 6.07) is 10.8. The van der Waals surface area contributed by atoms with Crippen LogP contribution in [0.4, 0.5) is 11.4 Å². The Bertz CT molecular complexity index is 783. The van der Waals surface area contributed by atoms with Crippen LogP contribution >= 0.6 is 0 Å². The Morgan fingerprint density at radius 1 is 1.10 bits per heavy atom. The number of rotatable bonds is 4. The number of hydrogen-bond acceptors (Lipinski definition) is 4. The van der Waals surface area contributed by atoms with Crippen LogP contribution in [0, 0.1) is 6.92 Å². The first-order valence-electron chi connectivity index (χ1n) is 6.01. The Hall–Kier alpha value is -2.38. The molecule has 0 heterocycles. The third-order valence-corrected chi connectivity index (χ3v) is 3.87. The van der Waals surface area contributed by atoms with Crippen molar-refractivity contribution in [1.29, 1.82) is 0 Å². The van der Waals surface area contributed by atoms with Crippen LogP contribution in [0.25, 0.3) is 0 Å². The molecule has 0 amide bonds. The Balaban J connectivity index is 2.26. The number of sulfonamides is 1. The molecule has 0 radical (unpaired) electrons. The third kappa shape index (κ3) is 3.59. The molecule has 110 valence electrons. The van der Waals surface area contributed by atoms with Gasteiger partial charge in [-0.25, -0.2) is 18.4 Å². The molecule has 0 saturated heterocycles. The van der Waals surface area contributed by atoms with Gasteiger partial charge in [-0.3, -0.25) is 0 Å². The lowest BCUT2D eigenvalue weighted by Gasteiger charge is -2.09. The zero-order chi connectivity index (χ0) is 15.6. The van der Waals surface area contributed by atoms with Crippen molar-refractivity contribution in [3.63, 3.8) is 0 Å². The Kier molecular flexibility index (Phi) is 3.97. The molecule has 4 N–H and O–H groups in total. The summed E-state index contributed by atoms with van der Waals surface area (Å²) in [5, 5.41) is 17.1. The van der Waals surface area contributed by atoms with E-state index in [0.29, 0.717) is 16.9 Å². The van der Waals surface area contributed by atoms with E-state index >= 15 is 0 Å². The van der Waals surface area contributed by atoms with Crippen molar-refractivity contribution in [3.8, 4) is 0 Å². The summed E-state index contributed by atoms with van der Waals surface area (Å²) in [5.74, 6) is -0.999. The number of nitrogens with two attached hydrogens (primary N) is 1. The van der Waals surface area contributed by atoms with Crippen molar-refractivity contribution < 1.29 is 18.3 Å². The second-order valence-electron chi connectivity index (χ2n) is 4.53. The first-order chi connectivity index (χ1) is 9.77. The number of nitrogens with one attached hydrogen (secondary N) is 1. The molecule has 2 aromatic rings. The fraction of sp³-hybridized carbons (Fsp3) is 0.0714. The minimum Gasteiger partial charge on any atom is -0.478 e. The van der Waals surface area contributed by atoms with Crippen LogP contribution in [0.5, 0.6) is 0 Å². The Morgan fingerprint density at radius 3 is 2.19 bits per heavy atom. The highest BCUT2D eigenvalue weighted by molar-refractivity contribution is 7.89. The van der Waals surface area contributed by atoms with E-state index in [1.165, 1.54) is 18.2 Å². The Morgan fingerprint density at radius 2 is 1.67 bits per heavy atom. The maximum atomic E-state index is 11.2. The van der Waals surface area contributed by atoms with Gasteiger partial charge in [-0.2, -0.15) is 0 Å². The highest BCUT2D eigenvalue weighted by Gasteiger charge is 2.09. The van der Waals surface area contributed by atoms with Crippen molar-refractivity contribution in [2.45, 2.75) is 11.8 Å². The number of aryl methyl sites for hydroxylation is 1. The van der Waals surface area contributed by atoms with Crippen LogP contribution in [0.1, 0.15) is 15.9 Å². The third-order valence-electron chi connectivity index (χ3n) is 2.94. The molecule has 0 fully saturated rings. The molecule has 0 atom stereocenters.